The Morgan fingerprint density at radius 2 is 1.75 bits per heavy atom. The van der Waals surface area contributed by atoms with Gasteiger partial charge in [0.25, 0.3) is 0 Å². The summed E-state index contributed by atoms with van der Waals surface area (Å²) < 4.78 is 48.4. The summed E-state index contributed by atoms with van der Waals surface area (Å²) in [7, 11) is 2.62. The third-order valence-electron chi connectivity index (χ3n) is 3.27. The number of ether oxygens (including phenoxy) is 2. The average molecular weight is 356 g/mol. The largest absolute Gasteiger partial charge is 0.497 e. The van der Waals surface area contributed by atoms with E-state index in [1.807, 2.05) is 24.3 Å². The lowest BCUT2D eigenvalue weighted by atomic mass is 10.1. The summed E-state index contributed by atoms with van der Waals surface area (Å²) in [6.07, 6.45) is -4.61. The Morgan fingerprint density at radius 1 is 1.08 bits per heavy atom. The summed E-state index contributed by atoms with van der Waals surface area (Å²) in [5.74, 6) is 0.274. The highest BCUT2D eigenvalue weighted by Crippen LogP contribution is 2.35. The van der Waals surface area contributed by atoms with Crippen LogP contribution < -0.4 is 4.74 Å². The fourth-order valence-corrected chi connectivity index (χ4v) is 2.92. The monoisotopic (exact) mass is 356 g/mol. The molecule has 0 saturated carbocycles. The van der Waals surface area contributed by atoms with Crippen molar-refractivity contribution in [2.24, 2.45) is 0 Å². The number of hydrogen-bond donors (Lipinski definition) is 0. The Bertz CT molecular complexity index is 712. The van der Waals surface area contributed by atoms with Gasteiger partial charge in [-0.1, -0.05) is 12.1 Å². The smallest absolute Gasteiger partial charge is 0.417 e. The van der Waals surface area contributed by atoms with Gasteiger partial charge in [-0.05, 0) is 35.9 Å². The van der Waals surface area contributed by atoms with Gasteiger partial charge >= 0.3 is 12.1 Å². The molecule has 0 atom stereocenters. The van der Waals surface area contributed by atoms with Crippen LogP contribution in [0.15, 0.2) is 47.4 Å². The fourth-order valence-electron chi connectivity index (χ4n) is 2.03. The van der Waals surface area contributed by atoms with Crippen LogP contribution in [0.1, 0.15) is 21.5 Å². The normalized spacial score (nSPS) is 11.2. The molecular weight excluding hydrogens is 341 g/mol. The molecule has 0 bridgehead atoms. The Balaban J connectivity index is 2.19. The molecule has 0 heterocycles. The number of halogens is 3. The molecule has 0 unspecified atom stereocenters. The van der Waals surface area contributed by atoms with E-state index in [4.69, 9.17) is 4.74 Å². The third-order valence-corrected chi connectivity index (χ3v) is 4.33. The first-order chi connectivity index (χ1) is 11.3. The third kappa shape index (κ3) is 4.44. The van der Waals surface area contributed by atoms with E-state index in [9.17, 15) is 18.0 Å². The molecule has 0 aromatic heterocycles. The predicted molar refractivity (Wildman–Crippen MR) is 85.3 cm³/mol. The Labute approximate surface area is 141 Å². The Kier molecular flexibility index (Phi) is 5.77. The number of hydrogen-bond acceptors (Lipinski definition) is 4. The summed E-state index contributed by atoms with van der Waals surface area (Å²) in [4.78, 5) is 12.2. The van der Waals surface area contributed by atoms with Crippen molar-refractivity contribution < 1.29 is 27.4 Å². The van der Waals surface area contributed by atoms with Gasteiger partial charge in [0.05, 0.1) is 25.3 Å². The zero-order chi connectivity index (χ0) is 17.7. The number of benzene rings is 2. The molecule has 0 amide bonds. The van der Waals surface area contributed by atoms with Crippen molar-refractivity contribution in [3.63, 3.8) is 0 Å². The van der Waals surface area contributed by atoms with Crippen molar-refractivity contribution in [3.05, 3.63) is 59.2 Å². The quantitative estimate of drug-likeness (QED) is 0.570. The highest BCUT2D eigenvalue weighted by atomic mass is 32.2. The number of carbonyl (C=O) groups excluding carboxylic acids is 1. The highest BCUT2D eigenvalue weighted by molar-refractivity contribution is 7.98. The number of thioether (sulfide) groups is 1. The lowest BCUT2D eigenvalue weighted by Crippen LogP contribution is -2.14. The summed E-state index contributed by atoms with van der Waals surface area (Å²) in [6, 6.07) is 10.8. The minimum Gasteiger partial charge on any atom is -0.497 e. The first kappa shape index (κ1) is 18.2. The molecular formula is C17H15F3O3S. The van der Waals surface area contributed by atoms with Gasteiger partial charge < -0.3 is 9.47 Å². The van der Waals surface area contributed by atoms with E-state index in [1.54, 1.807) is 7.11 Å². The van der Waals surface area contributed by atoms with E-state index < -0.39 is 23.3 Å². The highest BCUT2D eigenvalue weighted by Gasteiger charge is 2.35. The summed E-state index contributed by atoms with van der Waals surface area (Å²) in [5, 5.41) is 0. The molecule has 24 heavy (non-hydrogen) atoms. The summed E-state index contributed by atoms with van der Waals surface area (Å²) in [6.45, 7) is 0. The van der Waals surface area contributed by atoms with Crippen LogP contribution in [0.2, 0.25) is 0 Å². The van der Waals surface area contributed by atoms with Crippen molar-refractivity contribution in [1.29, 1.82) is 0 Å². The van der Waals surface area contributed by atoms with E-state index in [0.29, 0.717) is 10.6 Å². The lowest BCUT2D eigenvalue weighted by Gasteiger charge is -2.13. The molecule has 0 aliphatic carbocycles. The van der Waals surface area contributed by atoms with E-state index in [-0.39, 0.29) is 0 Å². The molecule has 0 aliphatic rings. The average Bonchev–Trinajstić information content (AvgIpc) is 2.58. The van der Waals surface area contributed by atoms with Crippen LogP contribution in [0.5, 0.6) is 5.75 Å². The van der Waals surface area contributed by atoms with Crippen LogP contribution in [0.3, 0.4) is 0 Å². The first-order valence-electron chi connectivity index (χ1n) is 6.90. The molecule has 0 radical (unpaired) electrons. The van der Waals surface area contributed by atoms with Crippen molar-refractivity contribution >= 4 is 17.7 Å². The van der Waals surface area contributed by atoms with E-state index in [2.05, 4.69) is 4.74 Å². The molecule has 2 rings (SSSR count). The van der Waals surface area contributed by atoms with E-state index >= 15 is 0 Å². The Morgan fingerprint density at radius 3 is 2.29 bits per heavy atom. The molecule has 3 nitrogen and oxygen atoms in total. The molecule has 7 heteroatoms. The lowest BCUT2D eigenvalue weighted by molar-refractivity contribution is -0.138. The van der Waals surface area contributed by atoms with Gasteiger partial charge in [-0.3, -0.25) is 0 Å². The second kappa shape index (κ2) is 7.61. The second-order valence-electron chi connectivity index (χ2n) is 4.83. The van der Waals surface area contributed by atoms with Crippen LogP contribution in [0.4, 0.5) is 13.2 Å². The van der Waals surface area contributed by atoms with E-state index in [0.717, 1.165) is 24.5 Å². The van der Waals surface area contributed by atoms with Gasteiger partial charge in [0.15, 0.2) is 0 Å². The number of alkyl halides is 3. The zero-order valence-electron chi connectivity index (χ0n) is 13.0. The standard InChI is InChI=1S/C17H15F3O3S/c1-22-12-5-3-11(4-6-12)10-24-13-7-8-15(17(18,19)20)14(9-13)16(21)23-2/h3-9H,10H2,1-2H3. The number of rotatable bonds is 5. The maximum atomic E-state index is 13.0. The van der Waals surface area contributed by atoms with Crippen molar-refractivity contribution in [3.8, 4) is 5.75 Å². The maximum absolute atomic E-state index is 13.0. The van der Waals surface area contributed by atoms with Crippen LogP contribution in [0, 0.1) is 0 Å². The molecule has 0 spiro atoms. The summed E-state index contributed by atoms with van der Waals surface area (Å²) in [5.41, 5.74) is -0.492. The molecule has 0 aliphatic heterocycles. The molecule has 2 aromatic carbocycles. The topological polar surface area (TPSA) is 35.5 Å². The van der Waals surface area contributed by atoms with E-state index in [1.165, 1.54) is 23.9 Å². The molecule has 2 aromatic rings. The predicted octanol–water partition coefficient (Wildman–Crippen LogP) is 4.79. The summed E-state index contributed by atoms with van der Waals surface area (Å²) >= 11 is 1.33. The fraction of sp³-hybridized carbons (Fsp3) is 0.235. The van der Waals surface area contributed by atoms with Crippen LogP contribution in [0.25, 0.3) is 0 Å². The minimum absolute atomic E-state index is 0.482. The van der Waals surface area contributed by atoms with Crippen LogP contribution in [-0.2, 0) is 16.7 Å². The number of esters is 1. The zero-order valence-corrected chi connectivity index (χ0v) is 13.8. The van der Waals surface area contributed by atoms with Gasteiger partial charge in [0.1, 0.15) is 5.75 Å². The second-order valence-corrected chi connectivity index (χ2v) is 5.88. The van der Waals surface area contributed by atoms with Crippen LogP contribution in [-0.4, -0.2) is 20.2 Å². The van der Waals surface area contributed by atoms with Gasteiger partial charge in [0, 0.05) is 10.6 Å². The van der Waals surface area contributed by atoms with Gasteiger partial charge in [-0.15, -0.1) is 11.8 Å². The van der Waals surface area contributed by atoms with Crippen LogP contribution >= 0.6 is 11.8 Å². The SMILES string of the molecule is COC(=O)c1cc(SCc2ccc(OC)cc2)ccc1C(F)(F)F. The molecule has 0 fully saturated rings. The number of carbonyl (C=O) groups is 1. The first-order valence-corrected chi connectivity index (χ1v) is 7.89. The molecule has 128 valence electrons. The van der Waals surface area contributed by atoms with Gasteiger partial charge in [0.2, 0.25) is 0 Å². The number of methoxy groups -OCH3 is 2. The van der Waals surface area contributed by atoms with Crippen molar-refractivity contribution in [1.82, 2.24) is 0 Å². The van der Waals surface area contributed by atoms with Crippen molar-refractivity contribution in [2.45, 2.75) is 16.8 Å². The molecule has 0 saturated heterocycles. The van der Waals surface area contributed by atoms with Crippen molar-refractivity contribution in [2.75, 3.05) is 14.2 Å². The van der Waals surface area contributed by atoms with Gasteiger partial charge in [-0.2, -0.15) is 13.2 Å². The maximum Gasteiger partial charge on any atom is 0.417 e. The molecule has 0 N–H and O–H groups in total. The minimum atomic E-state index is -4.61. The Hall–Kier alpha value is -2.15. The van der Waals surface area contributed by atoms with Gasteiger partial charge in [-0.25, -0.2) is 4.79 Å².